The third-order valence-corrected chi connectivity index (χ3v) is 2.37. The molecule has 1 aromatic heterocycles. The first-order chi connectivity index (χ1) is 7.15. The van der Waals surface area contributed by atoms with Gasteiger partial charge in [0.05, 0.1) is 0 Å². The number of nitrogens with one attached hydrogen (secondary N) is 1. The topological polar surface area (TPSA) is 80.9 Å². The summed E-state index contributed by atoms with van der Waals surface area (Å²) in [5.41, 5.74) is 5.30. The second-order valence-electron chi connectivity index (χ2n) is 3.48. The maximum absolute atomic E-state index is 11.2. The maximum Gasteiger partial charge on any atom is 0.240 e. The lowest BCUT2D eigenvalue weighted by atomic mass is 9.99. The second kappa shape index (κ2) is 5.29. The van der Waals surface area contributed by atoms with Crippen LogP contribution in [0.4, 0.5) is 5.95 Å². The summed E-state index contributed by atoms with van der Waals surface area (Å²) in [5, 5.41) is 2.93. The summed E-state index contributed by atoms with van der Waals surface area (Å²) in [4.78, 5) is 19.2. The molecule has 3 N–H and O–H groups in total. The van der Waals surface area contributed by atoms with Gasteiger partial charge in [0, 0.05) is 12.4 Å². The monoisotopic (exact) mass is 208 g/mol. The van der Waals surface area contributed by atoms with E-state index >= 15 is 0 Å². The third-order valence-electron chi connectivity index (χ3n) is 2.37. The van der Waals surface area contributed by atoms with Gasteiger partial charge in [-0.3, -0.25) is 4.79 Å². The number of carbonyl (C=O) groups is 1. The molecular weight excluding hydrogens is 192 g/mol. The number of carbonyl (C=O) groups excluding carboxylic acids is 1. The van der Waals surface area contributed by atoms with Crippen molar-refractivity contribution in [1.29, 1.82) is 0 Å². The van der Waals surface area contributed by atoms with Gasteiger partial charge in [-0.1, -0.05) is 20.3 Å². The van der Waals surface area contributed by atoms with Crippen molar-refractivity contribution in [2.45, 2.75) is 26.3 Å². The Bertz CT molecular complexity index is 314. The molecule has 0 saturated carbocycles. The van der Waals surface area contributed by atoms with Crippen LogP contribution in [0.25, 0.3) is 0 Å². The number of amides is 1. The molecule has 0 fully saturated rings. The Morgan fingerprint density at radius 1 is 1.53 bits per heavy atom. The Balaban J connectivity index is 2.71. The van der Waals surface area contributed by atoms with Crippen molar-refractivity contribution in [1.82, 2.24) is 9.97 Å². The van der Waals surface area contributed by atoms with Crippen molar-refractivity contribution in [2.75, 3.05) is 5.32 Å². The average Bonchev–Trinajstić information content (AvgIpc) is 2.26. The minimum absolute atomic E-state index is 0.159. The van der Waals surface area contributed by atoms with E-state index in [1.54, 1.807) is 18.5 Å². The number of nitrogens with zero attached hydrogens (tertiary/aromatic N) is 2. The Morgan fingerprint density at radius 2 is 2.13 bits per heavy atom. The fraction of sp³-hybridized carbons (Fsp3) is 0.500. The summed E-state index contributed by atoms with van der Waals surface area (Å²) in [6.45, 7) is 3.97. The van der Waals surface area contributed by atoms with Crippen LogP contribution in [0.3, 0.4) is 0 Å². The van der Waals surface area contributed by atoms with Gasteiger partial charge >= 0.3 is 0 Å². The molecule has 0 aliphatic rings. The molecule has 1 rings (SSSR count). The van der Waals surface area contributed by atoms with Crippen LogP contribution in [-0.2, 0) is 4.79 Å². The maximum atomic E-state index is 11.2. The predicted octanol–water partition coefficient (Wildman–Crippen LogP) is 0.788. The van der Waals surface area contributed by atoms with Crippen molar-refractivity contribution >= 4 is 11.9 Å². The Labute approximate surface area is 89.1 Å². The molecule has 15 heavy (non-hydrogen) atoms. The Hall–Kier alpha value is -1.65. The van der Waals surface area contributed by atoms with Gasteiger partial charge in [0.15, 0.2) is 0 Å². The fourth-order valence-electron chi connectivity index (χ4n) is 1.24. The van der Waals surface area contributed by atoms with E-state index in [2.05, 4.69) is 15.3 Å². The van der Waals surface area contributed by atoms with Gasteiger partial charge in [0.2, 0.25) is 11.9 Å². The number of hydrogen-bond donors (Lipinski definition) is 2. The first kappa shape index (κ1) is 11.4. The van der Waals surface area contributed by atoms with Crippen LogP contribution < -0.4 is 11.1 Å². The smallest absolute Gasteiger partial charge is 0.240 e. The Morgan fingerprint density at radius 3 is 2.60 bits per heavy atom. The summed E-state index contributed by atoms with van der Waals surface area (Å²) >= 11 is 0. The number of aromatic nitrogens is 2. The summed E-state index contributed by atoms with van der Waals surface area (Å²) in [5.74, 6) is 0.213. The summed E-state index contributed by atoms with van der Waals surface area (Å²) in [7, 11) is 0. The molecule has 0 bridgehead atoms. The highest BCUT2D eigenvalue weighted by Crippen LogP contribution is 2.11. The molecule has 0 unspecified atom stereocenters. The van der Waals surface area contributed by atoms with Crippen LogP contribution in [0, 0.1) is 5.92 Å². The van der Waals surface area contributed by atoms with Crippen molar-refractivity contribution in [3.63, 3.8) is 0 Å². The van der Waals surface area contributed by atoms with E-state index in [1.807, 2.05) is 13.8 Å². The largest absolute Gasteiger partial charge is 0.368 e. The van der Waals surface area contributed by atoms with E-state index in [9.17, 15) is 4.79 Å². The van der Waals surface area contributed by atoms with Gasteiger partial charge in [0.25, 0.3) is 0 Å². The number of hydrogen-bond acceptors (Lipinski definition) is 4. The third kappa shape index (κ3) is 3.19. The lowest BCUT2D eigenvalue weighted by Gasteiger charge is -2.20. The summed E-state index contributed by atoms with van der Waals surface area (Å²) in [6, 6.07) is 1.30. The minimum Gasteiger partial charge on any atom is -0.368 e. The van der Waals surface area contributed by atoms with Crippen molar-refractivity contribution in [3.05, 3.63) is 18.5 Å². The highest BCUT2D eigenvalue weighted by atomic mass is 16.1. The predicted molar refractivity (Wildman–Crippen MR) is 58.1 cm³/mol. The molecular formula is C10H16N4O. The van der Waals surface area contributed by atoms with Crippen molar-refractivity contribution < 1.29 is 4.79 Å². The highest BCUT2D eigenvalue weighted by molar-refractivity contribution is 5.82. The number of anilines is 1. The van der Waals surface area contributed by atoms with Gasteiger partial charge < -0.3 is 11.1 Å². The van der Waals surface area contributed by atoms with Crippen LogP contribution in [0.5, 0.6) is 0 Å². The normalized spacial score (nSPS) is 14.3. The molecule has 0 spiro atoms. The van der Waals surface area contributed by atoms with Gasteiger partial charge in [-0.2, -0.15) is 0 Å². The highest BCUT2D eigenvalue weighted by Gasteiger charge is 2.21. The van der Waals surface area contributed by atoms with Gasteiger partial charge in [-0.25, -0.2) is 9.97 Å². The SMILES string of the molecule is CC[C@H](C)[C@@H](Nc1ncccn1)C(N)=O. The fourth-order valence-corrected chi connectivity index (χ4v) is 1.24. The van der Waals surface area contributed by atoms with E-state index in [1.165, 1.54) is 0 Å². The molecule has 82 valence electrons. The van der Waals surface area contributed by atoms with Gasteiger partial charge in [-0.05, 0) is 12.0 Å². The van der Waals surface area contributed by atoms with E-state index in [0.717, 1.165) is 6.42 Å². The van der Waals surface area contributed by atoms with Gasteiger partial charge in [0.1, 0.15) is 6.04 Å². The molecule has 1 amide bonds. The average molecular weight is 208 g/mol. The van der Waals surface area contributed by atoms with Crippen LogP contribution in [0.2, 0.25) is 0 Å². The second-order valence-corrected chi connectivity index (χ2v) is 3.48. The lowest BCUT2D eigenvalue weighted by Crippen LogP contribution is -2.40. The molecule has 0 aromatic carbocycles. The van der Waals surface area contributed by atoms with E-state index in [0.29, 0.717) is 5.95 Å². The van der Waals surface area contributed by atoms with E-state index < -0.39 is 6.04 Å². The summed E-state index contributed by atoms with van der Waals surface area (Å²) in [6.07, 6.45) is 4.10. The summed E-state index contributed by atoms with van der Waals surface area (Å²) < 4.78 is 0. The van der Waals surface area contributed by atoms with Gasteiger partial charge in [-0.15, -0.1) is 0 Å². The minimum atomic E-state index is -0.419. The molecule has 1 heterocycles. The first-order valence-corrected chi connectivity index (χ1v) is 4.98. The van der Waals surface area contributed by atoms with Crippen LogP contribution >= 0.6 is 0 Å². The molecule has 0 aliphatic carbocycles. The molecule has 0 saturated heterocycles. The molecule has 5 nitrogen and oxygen atoms in total. The zero-order chi connectivity index (χ0) is 11.3. The molecule has 0 radical (unpaired) electrons. The standard InChI is InChI=1S/C10H16N4O/c1-3-7(2)8(9(11)15)14-10-12-5-4-6-13-10/h4-8H,3H2,1-2H3,(H2,11,15)(H,12,13,14)/t7-,8+/m0/s1. The number of primary amides is 1. The van der Waals surface area contributed by atoms with E-state index in [-0.39, 0.29) is 11.8 Å². The molecule has 1 aromatic rings. The lowest BCUT2D eigenvalue weighted by molar-refractivity contribution is -0.119. The first-order valence-electron chi connectivity index (χ1n) is 4.98. The number of rotatable bonds is 5. The Kier molecular flexibility index (Phi) is 4.03. The molecule has 2 atom stereocenters. The van der Waals surface area contributed by atoms with Crippen molar-refractivity contribution in [3.8, 4) is 0 Å². The molecule has 0 aliphatic heterocycles. The van der Waals surface area contributed by atoms with Crippen molar-refractivity contribution in [2.24, 2.45) is 11.7 Å². The van der Waals surface area contributed by atoms with Crippen LogP contribution in [0.15, 0.2) is 18.5 Å². The van der Waals surface area contributed by atoms with Crippen LogP contribution in [0.1, 0.15) is 20.3 Å². The quantitative estimate of drug-likeness (QED) is 0.749. The zero-order valence-corrected chi connectivity index (χ0v) is 8.97. The molecule has 5 heteroatoms. The van der Waals surface area contributed by atoms with E-state index in [4.69, 9.17) is 5.73 Å². The zero-order valence-electron chi connectivity index (χ0n) is 8.97. The number of nitrogens with two attached hydrogens (primary N) is 1. The van der Waals surface area contributed by atoms with Crippen LogP contribution in [-0.4, -0.2) is 21.9 Å².